The number of aliphatic hydroxyl groups is 1. The van der Waals surface area contributed by atoms with Crippen LogP contribution in [0, 0.1) is 5.92 Å². The number of anilines is 2. The first-order valence-electron chi connectivity index (χ1n) is 6.35. The Bertz CT molecular complexity index is 444. The zero-order chi connectivity index (χ0) is 14.6. The zero-order valence-corrected chi connectivity index (χ0v) is 12.0. The largest absolute Gasteiger partial charge is 0.397 e. The van der Waals surface area contributed by atoms with E-state index < -0.39 is 0 Å². The lowest BCUT2D eigenvalue weighted by molar-refractivity contribution is 0.0827. The van der Waals surface area contributed by atoms with Gasteiger partial charge in [0.05, 0.1) is 24.0 Å². The molecule has 1 amide bonds. The lowest BCUT2D eigenvalue weighted by Gasteiger charge is -2.22. The summed E-state index contributed by atoms with van der Waals surface area (Å²) in [6.45, 7) is 4.04. The third kappa shape index (κ3) is 3.86. The van der Waals surface area contributed by atoms with E-state index in [2.05, 4.69) is 5.32 Å². The van der Waals surface area contributed by atoms with Gasteiger partial charge in [0.1, 0.15) is 0 Å². The van der Waals surface area contributed by atoms with Crippen LogP contribution in [0.15, 0.2) is 18.2 Å². The van der Waals surface area contributed by atoms with Crippen LogP contribution in [-0.2, 0) is 0 Å². The van der Waals surface area contributed by atoms with Crippen molar-refractivity contribution >= 4 is 17.3 Å². The van der Waals surface area contributed by atoms with Crippen LogP contribution in [0.25, 0.3) is 0 Å². The lowest BCUT2D eigenvalue weighted by atomic mass is 10.0. The smallest absolute Gasteiger partial charge is 0.253 e. The molecule has 0 aliphatic carbocycles. The van der Waals surface area contributed by atoms with E-state index in [1.54, 1.807) is 32.3 Å². The second kappa shape index (κ2) is 6.43. The van der Waals surface area contributed by atoms with E-state index in [-0.39, 0.29) is 24.5 Å². The van der Waals surface area contributed by atoms with Gasteiger partial charge in [-0.2, -0.15) is 0 Å². The molecule has 1 rings (SSSR count). The van der Waals surface area contributed by atoms with Gasteiger partial charge < -0.3 is 21.1 Å². The highest BCUT2D eigenvalue weighted by molar-refractivity contribution is 5.95. The molecule has 1 aromatic carbocycles. The molecule has 4 N–H and O–H groups in total. The Hall–Kier alpha value is -1.75. The van der Waals surface area contributed by atoms with Crippen molar-refractivity contribution < 1.29 is 9.90 Å². The number of nitrogen functional groups attached to an aromatic ring is 1. The molecule has 0 radical (unpaired) electrons. The molecule has 5 heteroatoms. The fourth-order valence-electron chi connectivity index (χ4n) is 1.70. The van der Waals surface area contributed by atoms with Crippen LogP contribution in [0.3, 0.4) is 0 Å². The molecule has 0 aromatic heterocycles. The van der Waals surface area contributed by atoms with Gasteiger partial charge in [0.25, 0.3) is 5.91 Å². The molecule has 5 nitrogen and oxygen atoms in total. The standard InChI is InChI=1S/C14H23N3O2/c1-9(2)13(8-18)16-12-7-10(5-6-11(12)15)14(19)17(3)4/h5-7,9,13,16,18H,8,15H2,1-4H3. The molecule has 106 valence electrons. The fourth-order valence-corrected chi connectivity index (χ4v) is 1.70. The summed E-state index contributed by atoms with van der Waals surface area (Å²) < 4.78 is 0. The van der Waals surface area contributed by atoms with Gasteiger partial charge in [-0.15, -0.1) is 0 Å². The van der Waals surface area contributed by atoms with Crippen LogP contribution < -0.4 is 11.1 Å². The number of carbonyl (C=O) groups is 1. The zero-order valence-electron chi connectivity index (χ0n) is 12.0. The van der Waals surface area contributed by atoms with Crippen molar-refractivity contribution in [3.05, 3.63) is 23.8 Å². The predicted octanol–water partition coefficient (Wildman–Crippen LogP) is 1.40. The maximum atomic E-state index is 11.9. The van der Waals surface area contributed by atoms with Gasteiger partial charge in [-0.3, -0.25) is 4.79 Å². The van der Waals surface area contributed by atoms with E-state index in [4.69, 9.17) is 5.73 Å². The molecule has 0 saturated carbocycles. The monoisotopic (exact) mass is 265 g/mol. The highest BCUT2D eigenvalue weighted by Gasteiger charge is 2.15. The van der Waals surface area contributed by atoms with Gasteiger partial charge in [-0.25, -0.2) is 0 Å². The molecule has 0 saturated heterocycles. The first-order chi connectivity index (χ1) is 8.86. The number of hydrogen-bond donors (Lipinski definition) is 3. The van der Waals surface area contributed by atoms with Crippen LogP contribution in [-0.4, -0.2) is 42.7 Å². The highest BCUT2D eigenvalue weighted by atomic mass is 16.3. The van der Waals surface area contributed by atoms with Crippen LogP contribution in [0.2, 0.25) is 0 Å². The van der Waals surface area contributed by atoms with Crippen LogP contribution in [0.5, 0.6) is 0 Å². The van der Waals surface area contributed by atoms with E-state index in [0.717, 1.165) is 0 Å². The minimum absolute atomic E-state index is 0.0168. The van der Waals surface area contributed by atoms with E-state index in [1.165, 1.54) is 4.90 Å². The van der Waals surface area contributed by atoms with Gasteiger partial charge in [-0.1, -0.05) is 13.8 Å². The van der Waals surface area contributed by atoms with E-state index >= 15 is 0 Å². The Labute approximate surface area is 114 Å². The van der Waals surface area contributed by atoms with Crippen molar-refractivity contribution in [3.8, 4) is 0 Å². The number of benzene rings is 1. The summed E-state index contributed by atoms with van der Waals surface area (Å²) in [5, 5.41) is 12.5. The number of carbonyl (C=O) groups excluding carboxylic acids is 1. The van der Waals surface area contributed by atoms with Crippen molar-refractivity contribution in [1.82, 2.24) is 4.90 Å². The number of nitrogens with zero attached hydrogens (tertiary/aromatic N) is 1. The Morgan fingerprint density at radius 1 is 1.42 bits per heavy atom. The van der Waals surface area contributed by atoms with Crippen LogP contribution >= 0.6 is 0 Å². The van der Waals surface area contributed by atoms with Crippen LogP contribution in [0.4, 0.5) is 11.4 Å². The Balaban J connectivity index is 3.00. The van der Waals surface area contributed by atoms with Crippen LogP contribution in [0.1, 0.15) is 24.2 Å². The summed E-state index contributed by atoms with van der Waals surface area (Å²) in [6, 6.07) is 5.04. The minimum Gasteiger partial charge on any atom is -0.397 e. The first-order valence-corrected chi connectivity index (χ1v) is 6.35. The molecule has 0 bridgehead atoms. The average molecular weight is 265 g/mol. The van der Waals surface area contributed by atoms with Crippen molar-refractivity contribution in [2.45, 2.75) is 19.9 Å². The Morgan fingerprint density at radius 2 is 2.05 bits per heavy atom. The molecule has 0 fully saturated rings. The van der Waals surface area contributed by atoms with Gasteiger partial charge in [0.2, 0.25) is 0 Å². The Kier molecular flexibility index (Phi) is 5.18. The third-order valence-corrected chi connectivity index (χ3v) is 3.05. The Morgan fingerprint density at radius 3 is 2.53 bits per heavy atom. The van der Waals surface area contributed by atoms with Gasteiger partial charge in [-0.05, 0) is 24.1 Å². The SMILES string of the molecule is CC(C)C(CO)Nc1cc(C(=O)N(C)C)ccc1N. The number of hydrogen-bond acceptors (Lipinski definition) is 4. The maximum Gasteiger partial charge on any atom is 0.253 e. The van der Waals surface area contributed by atoms with Crippen molar-refractivity contribution in [2.24, 2.45) is 5.92 Å². The summed E-state index contributed by atoms with van der Waals surface area (Å²) in [5.41, 5.74) is 7.72. The summed E-state index contributed by atoms with van der Waals surface area (Å²) in [4.78, 5) is 13.4. The second-order valence-electron chi connectivity index (χ2n) is 5.18. The second-order valence-corrected chi connectivity index (χ2v) is 5.18. The number of rotatable bonds is 5. The predicted molar refractivity (Wildman–Crippen MR) is 78.2 cm³/mol. The molecular weight excluding hydrogens is 242 g/mol. The molecule has 0 aliphatic heterocycles. The molecule has 1 aromatic rings. The third-order valence-electron chi connectivity index (χ3n) is 3.05. The molecule has 0 heterocycles. The quantitative estimate of drug-likeness (QED) is 0.703. The average Bonchev–Trinajstić information content (AvgIpc) is 2.36. The maximum absolute atomic E-state index is 11.9. The number of nitrogens with one attached hydrogen (secondary N) is 1. The van der Waals surface area contributed by atoms with Crippen molar-refractivity contribution in [3.63, 3.8) is 0 Å². The first kappa shape index (κ1) is 15.3. The summed E-state index contributed by atoms with van der Waals surface area (Å²) in [7, 11) is 3.41. The van der Waals surface area contributed by atoms with Gasteiger partial charge >= 0.3 is 0 Å². The lowest BCUT2D eigenvalue weighted by Crippen LogP contribution is -2.30. The van der Waals surface area contributed by atoms with E-state index in [9.17, 15) is 9.90 Å². The topological polar surface area (TPSA) is 78.6 Å². The van der Waals surface area contributed by atoms with E-state index in [0.29, 0.717) is 16.9 Å². The molecule has 1 unspecified atom stereocenters. The normalized spacial score (nSPS) is 12.3. The summed E-state index contributed by atoms with van der Waals surface area (Å²) in [5.74, 6) is 0.186. The van der Waals surface area contributed by atoms with Crippen molar-refractivity contribution in [1.29, 1.82) is 0 Å². The molecule has 0 aliphatic rings. The van der Waals surface area contributed by atoms with Gasteiger partial charge in [0.15, 0.2) is 0 Å². The molecule has 1 atom stereocenters. The van der Waals surface area contributed by atoms with Gasteiger partial charge in [0, 0.05) is 19.7 Å². The number of nitrogens with two attached hydrogens (primary N) is 1. The van der Waals surface area contributed by atoms with E-state index in [1.807, 2.05) is 13.8 Å². The van der Waals surface area contributed by atoms with Crippen molar-refractivity contribution in [2.75, 3.05) is 31.8 Å². The molecule has 19 heavy (non-hydrogen) atoms. The highest BCUT2D eigenvalue weighted by Crippen LogP contribution is 2.23. The minimum atomic E-state index is -0.0907. The number of amides is 1. The fraction of sp³-hybridized carbons (Fsp3) is 0.500. The number of aliphatic hydroxyl groups excluding tert-OH is 1. The molecule has 0 spiro atoms. The summed E-state index contributed by atoms with van der Waals surface area (Å²) >= 11 is 0. The molecular formula is C14H23N3O2. The summed E-state index contributed by atoms with van der Waals surface area (Å²) in [6.07, 6.45) is 0.